The van der Waals surface area contributed by atoms with E-state index in [1.54, 1.807) is 0 Å². The third-order valence-corrected chi connectivity index (χ3v) is 13.0. The van der Waals surface area contributed by atoms with Gasteiger partial charge in [0, 0.05) is 41.5 Å². The van der Waals surface area contributed by atoms with E-state index in [4.69, 9.17) is 126 Å². The van der Waals surface area contributed by atoms with Gasteiger partial charge in [-0.05, 0) is 106 Å². The first kappa shape index (κ1) is 63.1. The molecule has 0 amide bonds. The summed E-state index contributed by atoms with van der Waals surface area (Å²) >= 11 is 38.1. The standard InChI is InChI=1S/C49H28Cl6N18O11/c50-28-15-22(1-7-34(28)62-68-56)40(74)13-14-41(81-46(76)24-3-9-36(64-70-58)30(52)17-24)43(83-48(78)26-5-11-38(66-72-60)32(54)19-26)44(84-49(79)27-6-12-39(67-73-61)33(55)20-27)42(82-47(77)25-4-10-37(65-71-59)31(53)18-25)21-80-45(75)23-2-8-35(63-69-57)29(51)16-23/h1-12,15-20,41-44H,13-14,21H2/t41-,42-,43-,44-/m1/s1. The number of benzene rings is 6. The van der Waals surface area contributed by atoms with Crippen LogP contribution in [0.15, 0.2) is 140 Å². The smallest absolute Gasteiger partial charge is 0.338 e. The second-order valence-electron chi connectivity index (χ2n) is 16.3. The Hall–Kier alpha value is -10.1. The maximum Gasteiger partial charge on any atom is 0.338 e. The van der Waals surface area contributed by atoms with Crippen LogP contribution in [0.2, 0.25) is 30.1 Å². The van der Waals surface area contributed by atoms with Crippen molar-refractivity contribution < 1.29 is 52.5 Å². The Balaban J connectivity index is 1.62. The fourth-order valence-corrected chi connectivity index (χ4v) is 8.58. The lowest BCUT2D eigenvalue weighted by atomic mass is 9.95. The molecule has 4 atom stereocenters. The van der Waals surface area contributed by atoms with Gasteiger partial charge in [0.15, 0.2) is 24.1 Å². The number of carbonyl (C=O) groups excluding carboxylic acids is 6. The Bertz CT molecular complexity index is 3720. The first-order chi connectivity index (χ1) is 40.3. The number of hydrogen-bond donors (Lipinski definition) is 0. The molecule has 0 spiro atoms. The summed E-state index contributed by atoms with van der Waals surface area (Å²) in [6, 6.07) is 19.8. The third kappa shape index (κ3) is 16.5. The average Bonchev–Trinajstić information content (AvgIpc) is 3.68. The summed E-state index contributed by atoms with van der Waals surface area (Å²) in [4.78, 5) is 103. The molecule has 0 N–H and O–H groups in total. The van der Waals surface area contributed by atoms with Crippen LogP contribution in [0.1, 0.15) is 75.0 Å². The van der Waals surface area contributed by atoms with Crippen molar-refractivity contribution in [3.8, 4) is 0 Å². The molecule has 422 valence electrons. The number of carbonyl (C=O) groups is 6. The second kappa shape index (κ2) is 30.1. The van der Waals surface area contributed by atoms with Crippen LogP contribution in [0.4, 0.5) is 34.1 Å². The number of ether oxygens (including phenoxy) is 5. The third-order valence-electron chi connectivity index (χ3n) is 11.2. The topological polar surface area (TPSA) is 441 Å². The highest BCUT2D eigenvalue weighted by atomic mass is 35.5. The summed E-state index contributed by atoms with van der Waals surface area (Å²) in [6.45, 7) is -1.20. The summed E-state index contributed by atoms with van der Waals surface area (Å²) in [5, 5.41) is 19.1. The number of ketones is 1. The summed E-state index contributed by atoms with van der Waals surface area (Å²) in [5.41, 5.74) is 51.6. The van der Waals surface area contributed by atoms with Crippen molar-refractivity contribution in [1.29, 1.82) is 0 Å². The molecular formula is C49H28Cl6N18O11. The fourth-order valence-electron chi connectivity index (χ4n) is 7.27. The highest BCUT2D eigenvalue weighted by molar-refractivity contribution is 6.35. The molecule has 0 fully saturated rings. The molecule has 0 saturated carbocycles. The quantitative estimate of drug-likeness (QED) is 0.0137. The molecule has 0 bridgehead atoms. The van der Waals surface area contributed by atoms with Gasteiger partial charge in [-0.2, -0.15) is 0 Å². The molecule has 6 aromatic carbocycles. The number of halogens is 6. The lowest BCUT2D eigenvalue weighted by Gasteiger charge is -2.36. The molecule has 29 nitrogen and oxygen atoms in total. The van der Waals surface area contributed by atoms with E-state index in [9.17, 15) is 28.8 Å². The van der Waals surface area contributed by atoms with E-state index in [2.05, 4.69) is 60.2 Å². The van der Waals surface area contributed by atoms with Crippen LogP contribution in [0.25, 0.3) is 62.7 Å². The predicted molar refractivity (Wildman–Crippen MR) is 302 cm³/mol. The Labute approximate surface area is 499 Å². The first-order valence-electron chi connectivity index (χ1n) is 23.0. The molecule has 0 saturated heterocycles. The largest absolute Gasteiger partial charge is 0.458 e. The second-order valence-corrected chi connectivity index (χ2v) is 18.8. The SMILES string of the molecule is [N-]=[N+]=Nc1ccc(C(=O)CC[C@@H](OC(=O)c2ccc(N=[N+]=[N-])c(Cl)c2)[C@@H](OC(=O)c2ccc(N=[N+]=[N-])c(Cl)c2)[C@H](OC(=O)c2ccc(N=[N+]=[N-])c(Cl)c2)[C@@H](COC(=O)c2ccc(N=[N+]=[N-])c(Cl)c2)OC(=O)c2ccc(N=[N+]=[N-])c(Cl)c2)cc1Cl. The van der Waals surface area contributed by atoms with Crippen LogP contribution in [0.5, 0.6) is 0 Å². The Morgan fingerprint density at radius 1 is 0.357 bits per heavy atom. The van der Waals surface area contributed by atoms with Crippen molar-refractivity contribution in [2.75, 3.05) is 6.61 Å². The van der Waals surface area contributed by atoms with Crippen molar-refractivity contribution in [1.82, 2.24) is 0 Å². The number of esters is 5. The first-order valence-corrected chi connectivity index (χ1v) is 25.2. The van der Waals surface area contributed by atoms with E-state index < -0.39 is 96.2 Å². The normalized spacial score (nSPS) is 11.7. The lowest BCUT2D eigenvalue weighted by molar-refractivity contribution is -0.132. The molecule has 0 aromatic heterocycles. The summed E-state index contributed by atoms with van der Waals surface area (Å²) in [7, 11) is 0. The number of hydrogen-bond acceptors (Lipinski definition) is 17. The van der Waals surface area contributed by atoms with Gasteiger partial charge in [0.25, 0.3) is 0 Å². The van der Waals surface area contributed by atoms with Gasteiger partial charge in [-0.3, -0.25) is 4.79 Å². The average molecular weight is 1260 g/mol. The van der Waals surface area contributed by atoms with E-state index in [1.807, 2.05) is 0 Å². The summed E-state index contributed by atoms with van der Waals surface area (Å²) < 4.78 is 30.0. The fraction of sp³-hybridized carbons (Fsp3) is 0.143. The van der Waals surface area contributed by atoms with Gasteiger partial charge >= 0.3 is 29.8 Å². The minimum absolute atomic E-state index is 0.0611. The molecule has 0 aliphatic carbocycles. The van der Waals surface area contributed by atoms with Crippen molar-refractivity contribution in [3.05, 3.63) is 235 Å². The monoisotopic (exact) mass is 1250 g/mol. The van der Waals surface area contributed by atoms with Crippen LogP contribution in [-0.4, -0.2) is 66.7 Å². The molecule has 0 radical (unpaired) electrons. The van der Waals surface area contributed by atoms with Gasteiger partial charge in [-0.25, -0.2) is 24.0 Å². The molecule has 6 aromatic rings. The minimum Gasteiger partial charge on any atom is -0.458 e. The van der Waals surface area contributed by atoms with E-state index >= 15 is 0 Å². The highest BCUT2D eigenvalue weighted by Gasteiger charge is 2.46. The van der Waals surface area contributed by atoms with Crippen LogP contribution in [-0.2, 0) is 23.7 Å². The zero-order valence-corrected chi connectivity index (χ0v) is 46.2. The van der Waals surface area contributed by atoms with Crippen molar-refractivity contribution >= 4 is 139 Å². The van der Waals surface area contributed by atoms with Crippen LogP contribution >= 0.6 is 69.6 Å². The highest BCUT2D eigenvalue weighted by Crippen LogP contribution is 2.35. The van der Waals surface area contributed by atoms with Gasteiger partial charge in [-0.1, -0.05) is 143 Å². The van der Waals surface area contributed by atoms with E-state index in [0.717, 1.165) is 97.1 Å². The number of rotatable bonds is 24. The molecule has 0 aliphatic heterocycles. The Kier molecular flexibility index (Phi) is 22.6. The maximum absolute atomic E-state index is 14.7. The van der Waals surface area contributed by atoms with Crippen LogP contribution < -0.4 is 0 Å². The molecule has 84 heavy (non-hydrogen) atoms. The van der Waals surface area contributed by atoms with Crippen LogP contribution in [0, 0.1) is 0 Å². The molecule has 0 unspecified atom stereocenters. The summed E-state index contributed by atoms with van der Waals surface area (Å²) in [6.07, 6.45) is -10.6. The molecule has 0 aliphatic rings. The van der Waals surface area contributed by atoms with E-state index in [-0.39, 0.29) is 81.0 Å². The number of azide groups is 6. The van der Waals surface area contributed by atoms with Gasteiger partial charge in [0.1, 0.15) is 12.7 Å². The Morgan fingerprint density at radius 3 is 0.905 bits per heavy atom. The lowest BCUT2D eigenvalue weighted by Crippen LogP contribution is -2.53. The molecular weight excluding hydrogens is 1230 g/mol. The number of nitrogens with zero attached hydrogens (tertiary/aromatic N) is 18. The molecule has 6 rings (SSSR count). The maximum atomic E-state index is 14.7. The van der Waals surface area contributed by atoms with Crippen molar-refractivity contribution in [3.63, 3.8) is 0 Å². The minimum atomic E-state index is -2.43. The summed E-state index contributed by atoms with van der Waals surface area (Å²) in [5.74, 6) is -7.48. The van der Waals surface area contributed by atoms with Crippen molar-refractivity contribution in [2.24, 2.45) is 30.7 Å². The van der Waals surface area contributed by atoms with Gasteiger partial charge in [0.2, 0.25) is 0 Å². The zero-order chi connectivity index (χ0) is 61.0. The van der Waals surface area contributed by atoms with Gasteiger partial charge < -0.3 is 23.7 Å². The predicted octanol–water partition coefficient (Wildman–Crippen LogP) is 18.0. The van der Waals surface area contributed by atoms with Gasteiger partial charge in [-0.15, -0.1) is 0 Å². The Morgan fingerprint density at radius 2 is 0.607 bits per heavy atom. The van der Waals surface area contributed by atoms with Gasteiger partial charge in [0.05, 0.1) is 92.1 Å². The van der Waals surface area contributed by atoms with Crippen LogP contribution in [0.3, 0.4) is 0 Å². The van der Waals surface area contributed by atoms with E-state index in [1.165, 1.54) is 12.1 Å². The molecule has 35 heteroatoms. The number of Topliss-reactive ketones (excluding diaryl/α,β-unsaturated/α-hetero) is 1. The van der Waals surface area contributed by atoms with Crippen molar-refractivity contribution in [2.45, 2.75) is 37.3 Å². The molecule has 0 heterocycles. The van der Waals surface area contributed by atoms with E-state index in [0.29, 0.717) is 0 Å². The zero-order valence-electron chi connectivity index (χ0n) is 41.6.